The van der Waals surface area contributed by atoms with Gasteiger partial charge in [0.15, 0.2) is 0 Å². The Morgan fingerprint density at radius 3 is 2.74 bits per heavy atom. The molecule has 0 saturated heterocycles. The highest BCUT2D eigenvalue weighted by Gasteiger charge is 2.20. The summed E-state index contributed by atoms with van der Waals surface area (Å²) in [5.74, 6) is 1.02. The standard InChI is InChI=1S/C17H25NO/c1-3-18-17(14-10-6-5-7-11-14)15-12-8-9-13-16(15)19-4-2/h8-10,12-13,17-18H,3-7,11H2,1-2H3. The van der Waals surface area contributed by atoms with Crippen LogP contribution in [-0.2, 0) is 0 Å². The van der Waals surface area contributed by atoms with Gasteiger partial charge in [0.2, 0.25) is 0 Å². The molecule has 1 unspecified atom stereocenters. The number of hydrogen-bond acceptors (Lipinski definition) is 2. The highest BCUT2D eigenvalue weighted by molar-refractivity contribution is 5.40. The molecule has 1 aromatic rings. The average Bonchev–Trinajstić information content (AvgIpc) is 2.47. The molecular formula is C17H25NO. The van der Waals surface area contributed by atoms with Gasteiger partial charge in [-0.2, -0.15) is 0 Å². The van der Waals surface area contributed by atoms with Gasteiger partial charge in [-0.1, -0.05) is 36.8 Å². The fraction of sp³-hybridized carbons (Fsp3) is 0.529. The highest BCUT2D eigenvalue weighted by atomic mass is 16.5. The monoisotopic (exact) mass is 259 g/mol. The van der Waals surface area contributed by atoms with Gasteiger partial charge in [-0.15, -0.1) is 0 Å². The third-order valence-electron chi connectivity index (χ3n) is 3.63. The van der Waals surface area contributed by atoms with Gasteiger partial charge in [0.1, 0.15) is 5.75 Å². The van der Waals surface area contributed by atoms with Gasteiger partial charge < -0.3 is 10.1 Å². The van der Waals surface area contributed by atoms with E-state index >= 15 is 0 Å². The lowest BCUT2D eigenvalue weighted by atomic mass is 9.89. The topological polar surface area (TPSA) is 21.3 Å². The van der Waals surface area contributed by atoms with Gasteiger partial charge in [-0.25, -0.2) is 0 Å². The molecule has 104 valence electrons. The third-order valence-corrected chi connectivity index (χ3v) is 3.63. The number of nitrogens with one attached hydrogen (secondary N) is 1. The number of allylic oxidation sites excluding steroid dienone is 1. The van der Waals surface area contributed by atoms with E-state index in [1.165, 1.54) is 36.8 Å². The lowest BCUT2D eigenvalue weighted by molar-refractivity contribution is 0.333. The summed E-state index contributed by atoms with van der Waals surface area (Å²) in [7, 11) is 0. The second-order valence-electron chi connectivity index (χ2n) is 4.99. The van der Waals surface area contributed by atoms with Crippen LogP contribution in [0.15, 0.2) is 35.9 Å². The number of likely N-dealkylation sites (N-methyl/N-ethyl adjacent to an activating group) is 1. The minimum atomic E-state index is 0.313. The van der Waals surface area contributed by atoms with Gasteiger partial charge in [-0.3, -0.25) is 0 Å². The van der Waals surface area contributed by atoms with Crippen LogP contribution in [0, 0.1) is 0 Å². The van der Waals surface area contributed by atoms with Crippen molar-refractivity contribution < 1.29 is 4.74 Å². The summed E-state index contributed by atoms with van der Waals surface area (Å²) in [6, 6.07) is 8.73. The van der Waals surface area contributed by atoms with Crippen molar-refractivity contribution >= 4 is 0 Å². The van der Waals surface area contributed by atoms with Crippen LogP contribution >= 0.6 is 0 Å². The van der Waals surface area contributed by atoms with Gasteiger partial charge in [0, 0.05) is 5.56 Å². The number of para-hydroxylation sites is 1. The first-order valence-corrected chi connectivity index (χ1v) is 7.50. The molecule has 0 heterocycles. The molecule has 2 heteroatoms. The summed E-state index contributed by atoms with van der Waals surface area (Å²) in [5.41, 5.74) is 2.81. The molecule has 0 aromatic heterocycles. The first-order chi connectivity index (χ1) is 9.36. The lowest BCUT2D eigenvalue weighted by Gasteiger charge is -2.26. The molecule has 0 saturated carbocycles. The van der Waals surface area contributed by atoms with Crippen LogP contribution in [0.3, 0.4) is 0 Å². The Balaban J connectivity index is 2.30. The number of hydrogen-bond donors (Lipinski definition) is 1. The zero-order valence-electron chi connectivity index (χ0n) is 12.1. The fourth-order valence-electron chi connectivity index (χ4n) is 2.78. The van der Waals surface area contributed by atoms with Crippen LogP contribution in [0.1, 0.15) is 51.1 Å². The Kier molecular flexibility index (Phi) is 5.46. The summed E-state index contributed by atoms with van der Waals surface area (Å²) in [6.07, 6.45) is 7.48. The van der Waals surface area contributed by atoms with Crippen LogP contribution in [0.2, 0.25) is 0 Å². The predicted octanol–water partition coefficient (Wildman–Crippen LogP) is 4.24. The van der Waals surface area contributed by atoms with E-state index in [2.05, 4.69) is 36.5 Å². The van der Waals surface area contributed by atoms with E-state index in [-0.39, 0.29) is 0 Å². The minimum Gasteiger partial charge on any atom is -0.494 e. The van der Waals surface area contributed by atoms with Crippen LogP contribution in [0.5, 0.6) is 5.75 Å². The van der Waals surface area contributed by atoms with E-state index < -0.39 is 0 Å². The summed E-state index contributed by atoms with van der Waals surface area (Å²) in [4.78, 5) is 0. The van der Waals surface area contributed by atoms with Crippen LogP contribution in [-0.4, -0.2) is 13.2 Å². The first kappa shape index (κ1) is 14.1. The van der Waals surface area contributed by atoms with Crippen molar-refractivity contribution in [2.45, 2.75) is 45.6 Å². The van der Waals surface area contributed by atoms with Gasteiger partial charge in [0.25, 0.3) is 0 Å². The second-order valence-corrected chi connectivity index (χ2v) is 4.99. The average molecular weight is 259 g/mol. The molecule has 1 N–H and O–H groups in total. The number of ether oxygens (including phenoxy) is 1. The molecule has 0 amide bonds. The molecule has 0 bridgehead atoms. The second kappa shape index (κ2) is 7.34. The molecular weight excluding hydrogens is 234 g/mol. The molecule has 0 spiro atoms. The van der Waals surface area contributed by atoms with Crippen molar-refractivity contribution in [3.05, 3.63) is 41.5 Å². The maximum atomic E-state index is 5.79. The SMILES string of the molecule is CCNC(C1=CCCCC1)c1ccccc1OCC. The Morgan fingerprint density at radius 2 is 2.05 bits per heavy atom. The third kappa shape index (κ3) is 3.60. The van der Waals surface area contributed by atoms with Crippen LogP contribution in [0.25, 0.3) is 0 Å². The molecule has 1 aliphatic carbocycles. The van der Waals surface area contributed by atoms with Crippen LogP contribution in [0.4, 0.5) is 0 Å². The Hall–Kier alpha value is -1.28. The highest BCUT2D eigenvalue weighted by Crippen LogP contribution is 2.34. The smallest absolute Gasteiger partial charge is 0.124 e. The molecule has 19 heavy (non-hydrogen) atoms. The summed E-state index contributed by atoms with van der Waals surface area (Å²) >= 11 is 0. The van der Waals surface area contributed by atoms with Crippen molar-refractivity contribution in [3.63, 3.8) is 0 Å². The Morgan fingerprint density at radius 1 is 1.21 bits per heavy atom. The molecule has 0 fully saturated rings. The molecule has 0 radical (unpaired) electrons. The first-order valence-electron chi connectivity index (χ1n) is 7.50. The molecule has 1 atom stereocenters. The van der Waals surface area contributed by atoms with Gasteiger partial charge in [-0.05, 0) is 45.2 Å². The number of benzene rings is 1. The maximum absolute atomic E-state index is 5.79. The van der Waals surface area contributed by atoms with Crippen molar-refractivity contribution in [3.8, 4) is 5.75 Å². The summed E-state index contributed by atoms with van der Waals surface area (Å²) in [6.45, 7) is 5.90. The van der Waals surface area contributed by atoms with E-state index in [1.54, 1.807) is 0 Å². The lowest BCUT2D eigenvalue weighted by Crippen LogP contribution is -2.24. The van der Waals surface area contributed by atoms with E-state index in [0.717, 1.165) is 18.9 Å². The zero-order chi connectivity index (χ0) is 13.5. The Labute approximate surface area is 116 Å². The van der Waals surface area contributed by atoms with E-state index in [1.807, 2.05) is 13.0 Å². The van der Waals surface area contributed by atoms with Gasteiger partial charge >= 0.3 is 0 Å². The predicted molar refractivity (Wildman–Crippen MR) is 80.6 cm³/mol. The molecule has 2 nitrogen and oxygen atoms in total. The largest absolute Gasteiger partial charge is 0.494 e. The minimum absolute atomic E-state index is 0.313. The molecule has 0 aliphatic heterocycles. The maximum Gasteiger partial charge on any atom is 0.124 e. The van der Waals surface area contributed by atoms with Crippen molar-refractivity contribution in [2.24, 2.45) is 0 Å². The number of rotatable bonds is 6. The van der Waals surface area contributed by atoms with E-state index in [4.69, 9.17) is 4.74 Å². The molecule has 1 aliphatic rings. The zero-order valence-corrected chi connectivity index (χ0v) is 12.1. The summed E-state index contributed by atoms with van der Waals surface area (Å²) < 4.78 is 5.79. The Bertz CT molecular complexity index is 425. The van der Waals surface area contributed by atoms with Crippen molar-refractivity contribution in [1.29, 1.82) is 0 Å². The normalized spacial score (nSPS) is 16.8. The van der Waals surface area contributed by atoms with E-state index in [0.29, 0.717) is 6.04 Å². The quantitative estimate of drug-likeness (QED) is 0.772. The molecule has 1 aromatic carbocycles. The van der Waals surface area contributed by atoms with Crippen molar-refractivity contribution in [2.75, 3.05) is 13.2 Å². The van der Waals surface area contributed by atoms with Crippen LogP contribution < -0.4 is 10.1 Å². The fourth-order valence-corrected chi connectivity index (χ4v) is 2.78. The molecule has 2 rings (SSSR count). The summed E-state index contributed by atoms with van der Waals surface area (Å²) in [5, 5.41) is 3.62. The van der Waals surface area contributed by atoms with E-state index in [9.17, 15) is 0 Å². The van der Waals surface area contributed by atoms with Crippen molar-refractivity contribution in [1.82, 2.24) is 5.32 Å². The van der Waals surface area contributed by atoms with Gasteiger partial charge in [0.05, 0.1) is 12.6 Å².